The number of aryl methyl sites for hydroxylation is 1. The van der Waals surface area contributed by atoms with Crippen molar-refractivity contribution >= 4 is 26.6 Å². The predicted octanol–water partition coefficient (Wildman–Crippen LogP) is 1.97. The van der Waals surface area contributed by atoms with Gasteiger partial charge in [0, 0.05) is 11.6 Å². The highest BCUT2D eigenvalue weighted by atomic mass is 32.2. The molecule has 5 heteroatoms. The minimum absolute atomic E-state index is 0.0935. The van der Waals surface area contributed by atoms with Crippen LogP contribution in [-0.4, -0.2) is 26.2 Å². The summed E-state index contributed by atoms with van der Waals surface area (Å²) in [6.45, 7) is 1.93. The Balaban J connectivity index is 2.40. The molecule has 0 bridgehead atoms. The van der Waals surface area contributed by atoms with Gasteiger partial charge in [-0.2, -0.15) is 0 Å². The van der Waals surface area contributed by atoms with E-state index in [1.54, 1.807) is 12.1 Å². The fourth-order valence-corrected chi connectivity index (χ4v) is 2.23. The molecule has 2 rings (SSSR count). The van der Waals surface area contributed by atoms with E-state index in [0.29, 0.717) is 5.58 Å². The van der Waals surface area contributed by atoms with E-state index >= 15 is 0 Å². The Morgan fingerprint density at radius 3 is 2.65 bits per heavy atom. The van der Waals surface area contributed by atoms with Crippen molar-refractivity contribution in [3.8, 4) is 0 Å². The maximum Gasteiger partial charge on any atom is 0.212 e. The number of hydrogen-bond donors (Lipinski definition) is 0. The Hall–Kier alpha value is -1.62. The Bertz CT molecular complexity index is 680. The highest BCUT2D eigenvalue weighted by Crippen LogP contribution is 2.21. The van der Waals surface area contributed by atoms with Crippen LogP contribution >= 0.6 is 0 Å². The number of fused-ring (bicyclic) bond motifs is 1. The Labute approximate surface area is 99.2 Å². The van der Waals surface area contributed by atoms with Crippen LogP contribution in [0.25, 0.3) is 11.0 Å². The molecule has 0 amide bonds. The summed E-state index contributed by atoms with van der Waals surface area (Å²) in [5.41, 5.74) is 1.65. The van der Waals surface area contributed by atoms with Gasteiger partial charge in [0.15, 0.2) is 15.6 Å². The second kappa shape index (κ2) is 4.00. The van der Waals surface area contributed by atoms with Gasteiger partial charge < -0.3 is 4.42 Å². The largest absolute Gasteiger partial charge is 0.453 e. The van der Waals surface area contributed by atoms with E-state index < -0.39 is 21.4 Å². The molecule has 0 aliphatic carbocycles. The molecule has 1 aromatic carbocycles. The summed E-state index contributed by atoms with van der Waals surface area (Å²) in [7, 11) is -3.33. The zero-order valence-corrected chi connectivity index (χ0v) is 10.4. The van der Waals surface area contributed by atoms with Crippen LogP contribution < -0.4 is 0 Å². The molecular weight excluding hydrogens is 240 g/mol. The molecule has 1 aromatic heterocycles. The minimum Gasteiger partial charge on any atom is -0.453 e. The normalized spacial score (nSPS) is 11.9. The number of carbonyl (C=O) groups excluding carboxylic acids is 1. The summed E-state index contributed by atoms with van der Waals surface area (Å²) in [6.07, 6.45) is 1.03. The average Bonchev–Trinajstić information content (AvgIpc) is 2.57. The molecule has 90 valence electrons. The lowest BCUT2D eigenvalue weighted by Gasteiger charge is -1.93. The number of hydrogen-bond acceptors (Lipinski definition) is 4. The van der Waals surface area contributed by atoms with Crippen molar-refractivity contribution < 1.29 is 17.6 Å². The first-order valence-corrected chi connectivity index (χ1v) is 7.12. The maximum absolute atomic E-state index is 11.6. The standard InChI is InChI=1S/C12H12O4S/c1-8-3-4-11-9(5-8)6-12(16-11)10(13)7-17(2,14)15/h3-6H,7H2,1-2H3. The lowest BCUT2D eigenvalue weighted by atomic mass is 10.2. The van der Waals surface area contributed by atoms with Crippen LogP contribution in [-0.2, 0) is 9.84 Å². The van der Waals surface area contributed by atoms with E-state index in [0.717, 1.165) is 17.2 Å². The first-order chi connectivity index (χ1) is 7.85. The van der Waals surface area contributed by atoms with Gasteiger partial charge in [-0.15, -0.1) is 0 Å². The highest BCUT2D eigenvalue weighted by molar-refractivity contribution is 7.91. The highest BCUT2D eigenvalue weighted by Gasteiger charge is 2.17. The van der Waals surface area contributed by atoms with E-state index in [4.69, 9.17) is 4.42 Å². The second-order valence-electron chi connectivity index (χ2n) is 4.15. The van der Waals surface area contributed by atoms with E-state index in [9.17, 15) is 13.2 Å². The van der Waals surface area contributed by atoms with Crippen LogP contribution in [0.15, 0.2) is 28.7 Å². The van der Waals surface area contributed by atoms with Crippen molar-refractivity contribution in [1.29, 1.82) is 0 Å². The summed E-state index contributed by atoms with van der Waals surface area (Å²) in [4.78, 5) is 11.6. The number of Topliss-reactive ketones (excluding diaryl/α,β-unsaturated/α-hetero) is 1. The third-order valence-electron chi connectivity index (χ3n) is 2.34. The number of carbonyl (C=O) groups is 1. The molecule has 0 fully saturated rings. The average molecular weight is 252 g/mol. The molecule has 0 aliphatic heterocycles. The molecule has 0 unspecified atom stereocenters. The summed E-state index contributed by atoms with van der Waals surface area (Å²) in [5, 5.41) is 0.807. The van der Waals surface area contributed by atoms with Crippen LogP contribution in [0.5, 0.6) is 0 Å². The molecule has 0 atom stereocenters. The van der Waals surface area contributed by atoms with Crippen LogP contribution in [0.1, 0.15) is 16.1 Å². The Morgan fingerprint density at radius 1 is 1.29 bits per heavy atom. The van der Waals surface area contributed by atoms with E-state index in [2.05, 4.69) is 0 Å². The smallest absolute Gasteiger partial charge is 0.212 e. The second-order valence-corrected chi connectivity index (χ2v) is 6.29. The van der Waals surface area contributed by atoms with Crippen molar-refractivity contribution in [3.05, 3.63) is 35.6 Å². The number of ketones is 1. The van der Waals surface area contributed by atoms with Crippen LogP contribution in [0.2, 0.25) is 0 Å². The van der Waals surface area contributed by atoms with Gasteiger partial charge in [0.2, 0.25) is 5.78 Å². The van der Waals surface area contributed by atoms with Gasteiger partial charge in [-0.25, -0.2) is 8.42 Å². The molecule has 0 spiro atoms. The topological polar surface area (TPSA) is 64.3 Å². The van der Waals surface area contributed by atoms with Crippen molar-refractivity contribution in [2.24, 2.45) is 0 Å². The van der Waals surface area contributed by atoms with Crippen molar-refractivity contribution in [3.63, 3.8) is 0 Å². The first-order valence-electron chi connectivity index (χ1n) is 5.06. The predicted molar refractivity (Wildman–Crippen MR) is 65.0 cm³/mol. The first kappa shape index (κ1) is 11.9. The maximum atomic E-state index is 11.6. The Kier molecular flexibility index (Phi) is 2.79. The van der Waals surface area contributed by atoms with Crippen LogP contribution in [0.4, 0.5) is 0 Å². The van der Waals surface area contributed by atoms with Gasteiger partial charge in [0.05, 0.1) is 0 Å². The monoisotopic (exact) mass is 252 g/mol. The third-order valence-corrected chi connectivity index (χ3v) is 3.13. The van der Waals surface area contributed by atoms with E-state index in [-0.39, 0.29) is 5.76 Å². The van der Waals surface area contributed by atoms with E-state index in [1.165, 1.54) is 0 Å². The molecule has 0 radical (unpaired) electrons. The molecule has 0 saturated heterocycles. The Morgan fingerprint density at radius 2 is 2.00 bits per heavy atom. The van der Waals surface area contributed by atoms with Crippen molar-refractivity contribution in [2.45, 2.75) is 6.92 Å². The van der Waals surface area contributed by atoms with Gasteiger partial charge in [-0.05, 0) is 25.1 Å². The summed E-state index contributed by atoms with van der Waals surface area (Å²) in [6, 6.07) is 7.10. The molecule has 4 nitrogen and oxygen atoms in total. The van der Waals surface area contributed by atoms with Crippen LogP contribution in [0.3, 0.4) is 0 Å². The molecular formula is C12H12O4S. The SMILES string of the molecule is Cc1ccc2oc(C(=O)CS(C)(=O)=O)cc2c1. The molecule has 0 aliphatic rings. The summed E-state index contributed by atoms with van der Waals surface area (Å²) < 4.78 is 27.4. The number of sulfone groups is 1. The zero-order chi connectivity index (χ0) is 12.6. The fourth-order valence-electron chi connectivity index (χ4n) is 1.61. The summed E-state index contributed by atoms with van der Waals surface area (Å²) >= 11 is 0. The molecule has 17 heavy (non-hydrogen) atoms. The number of rotatable bonds is 3. The fraction of sp³-hybridized carbons (Fsp3) is 0.250. The van der Waals surface area contributed by atoms with Gasteiger partial charge in [-0.1, -0.05) is 11.6 Å². The molecule has 1 heterocycles. The number of furan rings is 1. The van der Waals surface area contributed by atoms with Crippen molar-refractivity contribution in [2.75, 3.05) is 12.0 Å². The van der Waals surface area contributed by atoms with Gasteiger partial charge in [-0.3, -0.25) is 4.79 Å². The minimum atomic E-state index is -3.33. The molecule has 2 aromatic rings. The van der Waals surface area contributed by atoms with E-state index in [1.807, 2.05) is 19.1 Å². The zero-order valence-electron chi connectivity index (χ0n) is 9.56. The van der Waals surface area contributed by atoms with Crippen LogP contribution in [0, 0.1) is 6.92 Å². The van der Waals surface area contributed by atoms with Crippen molar-refractivity contribution in [1.82, 2.24) is 0 Å². The number of benzene rings is 1. The third kappa shape index (κ3) is 2.74. The lowest BCUT2D eigenvalue weighted by Crippen LogP contribution is -2.13. The van der Waals surface area contributed by atoms with Gasteiger partial charge >= 0.3 is 0 Å². The quantitative estimate of drug-likeness (QED) is 0.783. The molecule has 0 saturated carbocycles. The summed E-state index contributed by atoms with van der Waals surface area (Å²) in [5.74, 6) is -0.941. The lowest BCUT2D eigenvalue weighted by molar-refractivity contribution is 0.0993. The van der Waals surface area contributed by atoms with Gasteiger partial charge in [0.1, 0.15) is 11.3 Å². The molecule has 0 N–H and O–H groups in total. The van der Waals surface area contributed by atoms with Gasteiger partial charge in [0.25, 0.3) is 0 Å².